The zero-order valence-corrected chi connectivity index (χ0v) is 12.0. The first kappa shape index (κ1) is 16.7. The summed E-state index contributed by atoms with van der Waals surface area (Å²) in [4.78, 5) is 16.1. The van der Waals surface area contributed by atoms with E-state index in [1.54, 1.807) is 18.2 Å². The van der Waals surface area contributed by atoms with Crippen molar-refractivity contribution in [3.8, 4) is 0 Å². The van der Waals surface area contributed by atoms with E-state index >= 15 is 0 Å². The second-order valence-electron chi connectivity index (χ2n) is 4.24. The highest BCUT2D eigenvalue weighted by Gasteiger charge is 2.26. The molecule has 102 valence electrons. The molecule has 18 heavy (non-hydrogen) atoms. The maximum absolute atomic E-state index is 12.1. The summed E-state index contributed by atoms with van der Waals surface area (Å²) in [5, 5.41) is 3.07. The molecule has 0 spiro atoms. The first-order valence-electron chi connectivity index (χ1n) is 6.12. The van der Waals surface area contributed by atoms with E-state index in [1.807, 2.05) is 0 Å². The van der Waals surface area contributed by atoms with Crippen molar-refractivity contribution < 1.29 is 4.79 Å². The van der Waals surface area contributed by atoms with Gasteiger partial charge in [-0.15, -0.1) is 12.4 Å². The Morgan fingerprint density at radius 2 is 1.83 bits per heavy atom. The van der Waals surface area contributed by atoms with Crippen molar-refractivity contribution in [1.29, 1.82) is 0 Å². The van der Waals surface area contributed by atoms with Crippen LogP contribution in [0.5, 0.6) is 0 Å². The van der Waals surface area contributed by atoms with Crippen LogP contribution in [0.1, 0.15) is 50.5 Å². The number of nitrogens with two attached hydrogens (primary N) is 1. The Kier molecular flexibility index (Phi) is 6.70. The first-order valence-corrected chi connectivity index (χ1v) is 6.12. The van der Waals surface area contributed by atoms with Crippen LogP contribution in [0.3, 0.4) is 0 Å². The van der Waals surface area contributed by atoms with Gasteiger partial charge in [0.25, 0.3) is 5.91 Å². The van der Waals surface area contributed by atoms with E-state index in [4.69, 9.17) is 5.73 Å². The molecule has 0 saturated heterocycles. The molecule has 0 aromatic carbocycles. The van der Waals surface area contributed by atoms with Crippen LogP contribution in [0.4, 0.5) is 5.82 Å². The number of halogens is 1. The number of nitrogens with one attached hydrogen (secondary N) is 1. The van der Waals surface area contributed by atoms with Crippen LogP contribution < -0.4 is 11.1 Å². The zero-order valence-electron chi connectivity index (χ0n) is 11.2. The summed E-state index contributed by atoms with van der Waals surface area (Å²) in [5.74, 6) is 0.218. The summed E-state index contributed by atoms with van der Waals surface area (Å²) >= 11 is 0. The van der Waals surface area contributed by atoms with Crippen molar-refractivity contribution in [1.82, 2.24) is 10.3 Å². The fourth-order valence-electron chi connectivity index (χ4n) is 1.90. The van der Waals surface area contributed by atoms with Gasteiger partial charge in [0.05, 0.1) is 0 Å². The number of aromatic nitrogens is 1. The third-order valence-corrected chi connectivity index (χ3v) is 3.41. The second-order valence-corrected chi connectivity index (χ2v) is 4.24. The summed E-state index contributed by atoms with van der Waals surface area (Å²) in [7, 11) is 0. The molecule has 0 atom stereocenters. The summed E-state index contributed by atoms with van der Waals surface area (Å²) in [6, 6.07) is 5.09. The summed E-state index contributed by atoms with van der Waals surface area (Å²) in [6.07, 6.45) is 2.73. The molecule has 4 nitrogen and oxygen atoms in total. The van der Waals surface area contributed by atoms with Crippen molar-refractivity contribution in [3.63, 3.8) is 0 Å². The predicted molar refractivity (Wildman–Crippen MR) is 77.0 cm³/mol. The van der Waals surface area contributed by atoms with Gasteiger partial charge in [-0.3, -0.25) is 4.79 Å². The average molecular weight is 272 g/mol. The van der Waals surface area contributed by atoms with E-state index in [1.165, 1.54) is 0 Å². The molecule has 0 fully saturated rings. The number of carbonyl (C=O) groups excluding carboxylic acids is 1. The molecule has 3 N–H and O–H groups in total. The molecule has 1 aromatic rings. The Labute approximate surface area is 115 Å². The van der Waals surface area contributed by atoms with Crippen LogP contribution in [0.2, 0.25) is 0 Å². The third kappa shape index (κ3) is 3.88. The first-order chi connectivity index (χ1) is 8.06. The van der Waals surface area contributed by atoms with Gasteiger partial charge in [-0.05, 0) is 31.4 Å². The maximum Gasteiger partial charge on any atom is 0.270 e. The average Bonchev–Trinajstić information content (AvgIpc) is 2.36. The van der Waals surface area contributed by atoms with Crippen molar-refractivity contribution >= 4 is 24.1 Å². The van der Waals surface area contributed by atoms with Crippen LogP contribution in [0, 0.1) is 0 Å². The van der Waals surface area contributed by atoms with E-state index in [0.29, 0.717) is 11.5 Å². The van der Waals surface area contributed by atoms with Crippen LogP contribution in [-0.2, 0) is 0 Å². The van der Waals surface area contributed by atoms with E-state index < -0.39 is 0 Å². The number of amides is 1. The van der Waals surface area contributed by atoms with Gasteiger partial charge < -0.3 is 11.1 Å². The highest BCUT2D eigenvalue weighted by atomic mass is 35.5. The Bertz CT molecular complexity index is 383. The summed E-state index contributed by atoms with van der Waals surface area (Å²) < 4.78 is 0. The molecular weight excluding hydrogens is 250 g/mol. The Morgan fingerprint density at radius 3 is 2.28 bits per heavy atom. The van der Waals surface area contributed by atoms with Crippen molar-refractivity contribution in [2.24, 2.45) is 0 Å². The number of rotatable bonds is 5. The Balaban J connectivity index is 0.00000289. The van der Waals surface area contributed by atoms with Gasteiger partial charge in [0.2, 0.25) is 0 Å². The molecule has 0 aliphatic heterocycles. The van der Waals surface area contributed by atoms with Gasteiger partial charge in [0.1, 0.15) is 11.5 Å². The number of nitrogens with zero attached hydrogens (tertiary/aromatic N) is 1. The van der Waals surface area contributed by atoms with Crippen molar-refractivity contribution in [3.05, 3.63) is 23.9 Å². The Morgan fingerprint density at radius 1 is 1.28 bits per heavy atom. The topological polar surface area (TPSA) is 68.0 Å². The van der Waals surface area contributed by atoms with Crippen molar-refractivity contribution in [2.75, 3.05) is 5.73 Å². The zero-order chi connectivity index (χ0) is 12.9. The van der Waals surface area contributed by atoms with Gasteiger partial charge in [0.15, 0.2) is 0 Å². The second kappa shape index (κ2) is 7.21. The molecule has 1 aromatic heterocycles. The van der Waals surface area contributed by atoms with E-state index in [-0.39, 0.29) is 23.9 Å². The number of hydrogen-bond donors (Lipinski definition) is 2. The summed E-state index contributed by atoms with van der Waals surface area (Å²) in [6.45, 7) is 6.25. The monoisotopic (exact) mass is 271 g/mol. The minimum atomic E-state index is -0.150. The lowest BCUT2D eigenvalue weighted by molar-refractivity contribution is 0.0883. The highest BCUT2D eigenvalue weighted by Crippen LogP contribution is 2.19. The lowest BCUT2D eigenvalue weighted by atomic mass is 9.89. The molecular formula is C13H22ClN3O. The number of hydrogen-bond acceptors (Lipinski definition) is 3. The molecule has 0 radical (unpaired) electrons. The quantitative estimate of drug-likeness (QED) is 0.865. The van der Waals surface area contributed by atoms with Gasteiger partial charge in [-0.1, -0.05) is 26.8 Å². The minimum Gasteiger partial charge on any atom is -0.384 e. The van der Waals surface area contributed by atoms with Crippen molar-refractivity contribution in [2.45, 2.75) is 45.6 Å². The van der Waals surface area contributed by atoms with Crippen LogP contribution >= 0.6 is 12.4 Å². The lowest BCUT2D eigenvalue weighted by Crippen LogP contribution is -2.47. The molecule has 0 aliphatic rings. The van der Waals surface area contributed by atoms with E-state index in [9.17, 15) is 4.79 Å². The molecule has 0 unspecified atom stereocenters. The normalized spacial score (nSPS) is 10.6. The number of nitrogen functional groups attached to an aromatic ring is 1. The van der Waals surface area contributed by atoms with Crippen LogP contribution in [0.25, 0.3) is 0 Å². The summed E-state index contributed by atoms with van der Waals surface area (Å²) in [5.41, 5.74) is 5.81. The lowest BCUT2D eigenvalue weighted by Gasteiger charge is -2.31. The van der Waals surface area contributed by atoms with Gasteiger partial charge in [0, 0.05) is 5.54 Å². The standard InChI is InChI=1S/C13H21N3O.ClH/c1-4-13(5-2,6-3)16-12(17)10-8-7-9-11(14)15-10;/h7-9H,4-6H2,1-3H3,(H2,14,15)(H,16,17);1H. The van der Waals surface area contributed by atoms with E-state index in [0.717, 1.165) is 19.3 Å². The largest absolute Gasteiger partial charge is 0.384 e. The number of carbonyl (C=O) groups is 1. The number of pyridine rings is 1. The molecule has 5 heteroatoms. The highest BCUT2D eigenvalue weighted by molar-refractivity contribution is 5.93. The van der Waals surface area contributed by atoms with Crippen LogP contribution in [0.15, 0.2) is 18.2 Å². The fraction of sp³-hybridized carbons (Fsp3) is 0.538. The predicted octanol–water partition coefficient (Wildman–Crippen LogP) is 2.78. The molecule has 0 bridgehead atoms. The van der Waals surface area contributed by atoms with Crippen LogP contribution in [-0.4, -0.2) is 16.4 Å². The molecule has 1 heterocycles. The molecule has 1 rings (SSSR count). The van der Waals surface area contributed by atoms with Gasteiger partial charge >= 0.3 is 0 Å². The smallest absolute Gasteiger partial charge is 0.270 e. The van der Waals surface area contributed by atoms with Gasteiger partial charge in [-0.2, -0.15) is 0 Å². The molecule has 0 saturated carbocycles. The third-order valence-electron chi connectivity index (χ3n) is 3.41. The SMILES string of the molecule is CCC(CC)(CC)NC(=O)c1cccc(N)n1.Cl. The fourth-order valence-corrected chi connectivity index (χ4v) is 1.90. The maximum atomic E-state index is 12.1. The molecule has 0 aliphatic carbocycles. The number of anilines is 1. The van der Waals surface area contributed by atoms with E-state index in [2.05, 4.69) is 31.1 Å². The molecule has 1 amide bonds. The van der Waals surface area contributed by atoms with Gasteiger partial charge in [-0.25, -0.2) is 4.98 Å². The Hall–Kier alpha value is -1.29. The minimum absolute atomic E-state index is 0.